The highest BCUT2D eigenvalue weighted by Gasteiger charge is 2.17. The van der Waals surface area contributed by atoms with Crippen LogP contribution in [0.25, 0.3) is 0 Å². The second-order valence-corrected chi connectivity index (χ2v) is 6.06. The predicted octanol–water partition coefficient (Wildman–Crippen LogP) is 2.52. The molecule has 1 heterocycles. The molecule has 4 heteroatoms. The molecule has 1 aromatic carbocycles. The van der Waals surface area contributed by atoms with Gasteiger partial charge in [0.2, 0.25) is 0 Å². The monoisotopic (exact) mass is 373 g/mol. The molecule has 0 saturated carbocycles. The average molecular weight is 373 g/mol. The van der Waals surface area contributed by atoms with Crippen molar-refractivity contribution in [1.82, 2.24) is 9.80 Å². The molecule has 0 aromatic heterocycles. The summed E-state index contributed by atoms with van der Waals surface area (Å²) in [6, 6.07) is 10.7. The van der Waals surface area contributed by atoms with E-state index in [-0.39, 0.29) is 0 Å². The largest absolute Gasteiger partial charge is 0.359 e. The Bertz CT molecular complexity index is 350. The number of nitrogens with zero attached hydrogens (tertiary/aromatic N) is 3. The molecule has 1 aliphatic rings. The first kappa shape index (κ1) is 15.1. The molecule has 1 aromatic rings. The number of piperazine rings is 1. The minimum absolute atomic E-state index is 1.05. The van der Waals surface area contributed by atoms with Gasteiger partial charge in [-0.25, -0.2) is 0 Å². The summed E-state index contributed by atoms with van der Waals surface area (Å²) in [5, 5.41) is 0. The zero-order valence-corrected chi connectivity index (χ0v) is 13.9. The van der Waals surface area contributed by atoms with Crippen molar-refractivity contribution in [2.75, 3.05) is 55.3 Å². The summed E-state index contributed by atoms with van der Waals surface area (Å²) in [6.07, 6.45) is 0. The third kappa shape index (κ3) is 4.61. The Morgan fingerprint density at radius 1 is 1.05 bits per heavy atom. The standard InChI is InChI=1S/C15H24IN3/c1-2-19(15-6-4-3-5-7-15)14-18-12-10-17(9-8-16)11-13-18/h3-7H,2,8-14H2,1H3. The molecule has 0 unspecified atom stereocenters. The average Bonchev–Trinajstić information content (AvgIpc) is 2.48. The lowest BCUT2D eigenvalue weighted by molar-refractivity contribution is 0.139. The summed E-state index contributed by atoms with van der Waals surface area (Å²) in [7, 11) is 0. The molecule has 106 valence electrons. The third-order valence-corrected chi connectivity index (χ3v) is 4.22. The van der Waals surface area contributed by atoms with E-state index in [0.29, 0.717) is 0 Å². The molecular formula is C15H24IN3. The number of alkyl halides is 1. The number of halogens is 1. The van der Waals surface area contributed by atoms with E-state index in [1.165, 1.54) is 42.8 Å². The van der Waals surface area contributed by atoms with E-state index < -0.39 is 0 Å². The summed E-state index contributed by atoms with van der Waals surface area (Å²) in [5.74, 6) is 0. The lowest BCUT2D eigenvalue weighted by atomic mass is 10.3. The number of rotatable bonds is 6. The summed E-state index contributed by atoms with van der Waals surface area (Å²) >= 11 is 2.47. The molecule has 2 rings (SSSR count). The highest BCUT2D eigenvalue weighted by molar-refractivity contribution is 14.1. The molecule has 19 heavy (non-hydrogen) atoms. The van der Waals surface area contributed by atoms with E-state index in [2.05, 4.69) is 74.5 Å². The molecular weight excluding hydrogens is 349 g/mol. The summed E-state index contributed by atoms with van der Waals surface area (Å²) < 4.78 is 1.24. The first-order chi connectivity index (χ1) is 9.33. The number of hydrogen-bond donors (Lipinski definition) is 0. The van der Waals surface area contributed by atoms with Gasteiger partial charge in [-0.2, -0.15) is 0 Å². The maximum atomic E-state index is 2.57. The van der Waals surface area contributed by atoms with Crippen LogP contribution in [0.4, 0.5) is 5.69 Å². The van der Waals surface area contributed by atoms with Crippen LogP contribution in [0.5, 0.6) is 0 Å². The van der Waals surface area contributed by atoms with Gasteiger partial charge in [0, 0.05) is 49.4 Å². The lowest BCUT2D eigenvalue weighted by Gasteiger charge is -2.37. The highest BCUT2D eigenvalue weighted by Crippen LogP contribution is 2.14. The smallest absolute Gasteiger partial charge is 0.0707 e. The molecule has 1 saturated heterocycles. The second kappa shape index (κ2) is 8.07. The van der Waals surface area contributed by atoms with E-state index >= 15 is 0 Å². The normalized spacial score (nSPS) is 17.6. The quantitative estimate of drug-likeness (QED) is 0.561. The molecule has 0 bridgehead atoms. The Morgan fingerprint density at radius 3 is 2.26 bits per heavy atom. The topological polar surface area (TPSA) is 9.72 Å². The van der Waals surface area contributed by atoms with Crippen molar-refractivity contribution in [1.29, 1.82) is 0 Å². The number of para-hydroxylation sites is 1. The van der Waals surface area contributed by atoms with Crippen LogP contribution in [-0.2, 0) is 0 Å². The molecule has 0 atom stereocenters. The predicted molar refractivity (Wildman–Crippen MR) is 91.2 cm³/mol. The first-order valence-electron chi connectivity index (χ1n) is 7.14. The molecule has 0 radical (unpaired) electrons. The number of benzene rings is 1. The van der Waals surface area contributed by atoms with Gasteiger partial charge in [0.15, 0.2) is 0 Å². The Kier molecular flexibility index (Phi) is 6.40. The van der Waals surface area contributed by atoms with E-state index in [9.17, 15) is 0 Å². The molecule has 0 aliphatic carbocycles. The van der Waals surface area contributed by atoms with Gasteiger partial charge in [0.25, 0.3) is 0 Å². The Balaban J connectivity index is 1.84. The van der Waals surface area contributed by atoms with Crippen LogP contribution in [-0.4, -0.2) is 60.2 Å². The van der Waals surface area contributed by atoms with E-state index in [1.54, 1.807) is 0 Å². The molecule has 1 fully saturated rings. The fraction of sp³-hybridized carbons (Fsp3) is 0.600. The molecule has 0 spiro atoms. The number of hydrogen-bond acceptors (Lipinski definition) is 3. The Labute approximate surface area is 130 Å². The van der Waals surface area contributed by atoms with Crippen molar-refractivity contribution >= 4 is 28.3 Å². The van der Waals surface area contributed by atoms with Gasteiger partial charge >= 0.3 is 0 Å². The molecule has 1 aliphatic heterocycles. The van der Waals surface area contributed by atoms with Crippen LogP contribution in [0.15, 0.2) is 30.3 Å². The summed E-state index contributed by atoms with van der Waals surface area (Å²) in [4.78, 5) is 7.59. The van der Waals surface area contributed by atoms with Gasteiger partial charge in [-0.15, -0.1) is 0 Å². The Hall–Kier alpha value is -0.330. The van der Waals surface area contributed by atoms with Crippen molar-refractivity contribution in [2.45, 2.75) is 6.92 Å². The van der Waals surface area contributed by atoms with Crippen molar-refractivity contribution in [3.63, 3.8) is 0 Å². The molecule has 0 N–H and O–H groups in total. The van der Waals surface area contributed by atoms with Crippen LogP contribution in [0.3, 0.4) is 0 Å². The summed E-state index contributed by atoms with van der Waals surface area (Å²) in [5.41, 5.74) is 1.33. The van der Waals surface area contributed by atoms with Gasteiger partial charge in [-0.05, 0) is 19.1 Å². The second-order valence-electron chi connectivity index (χ2n) is 4.98. The lowest BCUT2D eigenvalue weighted by Crippen LogP contribution is -2.50. The van der Waals surface area contributed by atoms with Crippen LogP contribution in [0.2, 0.25) is 0 Å². The minimum Gasteiger partial charge on any atom is -0.359 e. The van der Waals surface area contributed by atoms with Gasteiger partial charge in [0.1, 0.15) is 0 Å². The van der Waals surface area contributed by atoms with E-state index in [0.717, 1.165) is 13.2 Å². The van der Waals surface area contributed by atoms with Crippen LogP contribution < -0.4 is 4.90 Å². The zero-order valence-electron chi connectivity index (χ0n) is 11.8. The number of anilines is 1. The minimum atomic E-state index is 1.05. The fourth-order valence-corrected chi connectivity index (χ4v) is 3.20. The van der Waals surface area contributed by atoms with Crippen molar-refractivity contribution in [3.05, 3.63) is 30.3 Å². The maximum absolute atomic E-state index is 2.57. The van der Waals surface area contributed by atoms with Crippen LogP contribution in [0, 0.1) is 0 Å². The Morgan fingerprint density at radius 2 is 1.68 bits per heavy atom. The van der Waals surface area contributed by atoms with Crippen LogP contribution in [0.1, 0.15) is 6.92 Å². The maximum Gasteiger partial charge on any atom is 0.0707 e. The van der Waals surface area contributed by atoms with Gasteiger partial charge < -0.3 is 9.80 Å². The first-order valence-corrected chi connectivity index (χ1v) is 8.66. The SMILES string of the molecule is CCN(CN1CCN(CCI)CC1)c1ccccc1. The van der Waals surface area contributed by atoms with E-state index in [4.69, 9.17) is 0 Å². The van der Waals surface area contributed by atoms with Crippen molar-refractivity contribution in [3.8, 4) is 0 Å². The molecule has 0 amide bonds. The van der Waals surface area contributed by atoms with Gasteiger partial charge in [-0.1, -0.05) is 40.8 Å². The molecule has 3 nitrogen and oxygen atoms in total. The highest BCUT2D eigenvalue weighted by atomic mass is 127. The third-order valence-electron chi connectivity index (χ3n) is 3.74. The van der Waals surface area contributed by atoms with Crippen molar-refractivity contribution < 1.29 is 0 Å². The fourth-order valence-electron chi connectivity index (χ4n) is 2.52. The van der Waals surface area contributed by atoms with Crippen LogP contribution >= 0.6 is 22.6 Å². The van der Waals surface area contributed by atoms with E-state index in [1.807, 2.05) is 0 Å². The van der Waals surface area contributed by atoms with Crippen molar-refractivity contribution in [2.24, 2.45) is 0 Å². The van der Waals surface area contributed by atoms with Gasteiger partial charge in [0.05, 0.1) is 6.67 Å². The van der Waals surface area contributed by atoms with Gasteiger partial charge in [-0.3, -0.25) is 4.90 Å². The summed E-state index contributed by atoms with van der Waals surface area (Å²) in [6.45, 7) is 10.4. The zero-order chi connectivity index (χ0) is 13.5.